The molecule has 0 saturated carbocycles. The SMILES string of the molecule is Cc1cc(=O)c(C(=O)NC(C)CCCC(C)C)c[nH]1. The van der Waals surface area contributed by atoms with Gasteiger partial charge in [-0.3, -0.25) is 9.59 Å². The third-order valence-electron chi connectivity index (χ3n) is 3.10. The van der Waals surface area contributed by atoms with Crippen LogP contribution in [0.2, 0.25) is 0 Å². The van der Waals surface area contributed by atoms with Crippen molar-refractivity contribution in [1.29, 1.82) is 0 Å². The molecule has 0 aliphatic rings. The molecule has 0 fully saturated rings. The molecule has 1 unspecified atom stereocenters. The Labute approximate surface area is 114 Å². The summed E-state index contributed by atoms with van der Waals surface area (Å²) in [6, 6.07) is 1.53. The first kappa shape index (κ1) is 15.5. The van der Waals surface area contributed by atoms with Gasteiger partial charge in [0.25, 0.3) is 5.91 Å². The normalized spacial score (nSPS) is 12.5. The number of hydrogen-bond donors (Lipinski definition) is 2. The van der Waals surface area contributed by atoms with E-state index in [9.17, 15) is 9.59 Å². The topological polar surface area (TPSA) is 62.0 Å². The number of carbonyl (C=O) groups excluding carboxylic acids is 1. The molecular weight excluding hydrogens is 240 g/mol. The van der Waals surface area contributed by atoms with Gasteiger partial charge in [0.2, 0.25) is 0 Å². The molecule has 106 valence electrons. The molecule has 0 spiro atoms. The third-order valence-corrected chi connectivity index (χ3v) is 3.10. The minimum Gasteiger partial charge on any atom is -0.364 e. The third kappa shape index (κ3) is 5.28. The summed E-state index contributed by atoms with van der Waals surface area (Å²) >= 11 is 0. The van der Waals surface area contributed by atoms with E-state index in [1.807, 2.05) is 6.92 Å². The number of pyridine rings is 1. The number of amides is 1. The van der Waals surface area contributed by atoms with Crippen LogP contribution in [0.15, 0.2) is 17.1 Å². The highest BCUT2D eigenvalue weighted by Crippen LogP contribution is 2.08. The molecule has 1 atom stereocenters. The van der Waals surface area contributed by atoms with Crippen molar-refractivity contribution in [2.24, 2.45) is 5.92 Å². The van der Waals surface area contributed by atoms with E-state index in [4.69, 9.17) is 0 Å². The van der Waals surface area contributed by atoms with E-state index in [2.05, 4.69) is 24.1 Å². The van der Waals surface area contributed by atoms with Gasteiger partial charge in [-0.1, -0.05) is 26.7 Å². The lowest BCUT2D eigenvalue weighted by atomic mass is 10.0. The maximum absolute atomic E-state index is 12.0. The Morgan fingerprint density at radius 2 is 2.00 bits per heavy atom. The van der Waals surface area contributed by atoms with Gasteiger partial charge in [-0.05, 0) is 26.2 Å². The second kappa shape index (κ2) is 7.12. The van der Waals surface area contributed by atoms with Crippen LogP contribution in [0.25, 0.3) is 0 Å². The van der Waals surface area contributed by atoms with Crippen LogP contribution in [-0.4, -0.2) is 16.9 Å². The Kier molecular flexibility index (Phi) is 5.80. The Morgan fingerprint density at radius 3 is 2.58 bits per heavy atom. The first-order valence-electron chi connectivity index (χ1n) is 6.90. The Hall–Kier alpha value is -1.58. The molecule has 1 heterocycles. The molecule has 2 N–H and O–H groups in total. The van der Waals surface area contributed by atoms with E-state index in [0.29, 0.717) is 5.92 Å². The zero-order chi connectivity index (χ0) is 14.4. The van der Waals surface area contributed by atoms with Crippen LogP contribution < -0.4 is 10.7 Å². The maximum Gasteiger partial charge on any atom is 0.256 e. The fourth-order valence-electron chi connectivity index (χ4n) is 1.96. The number of aryl methyl sites for hydroxylation is 1. The van der Waals surface area contributed by atoms with E-state index < -0.39 is 0 Å². The second-order valence-corrected chi connectivity index (χ2v) is 5.59. The summed E-state index contributed by atoms with van der Waals surface area (Å²) in [7, 11) is 0. The summed E-state index contributed by atoms with van der Waals surface area (Å²) < 4.78 is 0. The van der Waals surface area contributed by atoms with E-state index in [0.717, 1.165) is 25.0 Å². The van der Waals surface area contributed by atoms with Gasteiger partial charge < -0.3 is 10.3 Å². The van der Waals surface area contributed by atoms with Gasteiger partial charge in [0.1, 0.15) is 5.56 Å². The number of aromatic nitrogens is 1. The van der Waals surface area contributed by atoms with Crippen LogP contribution in [0.5, 0.6) is 0 Å². The lowest BCUT2D eigenvalue weighted by Gasteiger charge is -2.14. The second-order valence-electron chi connectivity index (χ2n) is 5.59. The quantitative estimate of drug-likeness (QED) is 0.829. The monoisotopic (exact) mass is 264 g/mol. The zero-order valence-electron chi connectivity index (χ0n) is 12.2. The van der Waals surface area contributed by atoms with Crippen LogP contribution in [0.3, 0.4) is 0 Å². The van der Waals surface area contributed by atoms with Crippen molar-refractivity contribution in [2.45, 2.75) is 53.0 Å². The number of rotatable bonds is 6. The van der Waals surface area contributed by atoms with Crippen LogP contribution in [0, 0.1) is 12.8 Å². The summed E-state index contributed by atoms with van der Waals surface area (Å²) in [4.78, 5) is 26.5. The van der Waals surface area contributed by atoms with Crippen LogP contribution >= 0.6 is 0 Å². The number of H-pyrrole nitrogens is 1. The van der Waals surface area contributed by atoms with Crippen molar-refractivity contribution in [1.82, 2.24) is 10.3 Å². The van der Waals surface area contributed by atoms with Crippen molar-refractivity contribution >= 4 is 5.91 Å². The smallest absolute Gasteiger partial charge is 0.256 e. The largest absolute Gasteiger partial charge is 0.364 e. The first-order valence-corrected chi connectivity index (χ1v) is 6.90. The summed E-state index contributed by atoms with van der Waals surface area (Å²) in [5.41, 5.74) is 0.705. The van der Waals surface area contributed by atoms with Gasteiger partial charge in [-0.15, -0.1) is 0 Å². The average molecular weight is 264 g/mol. The number of aromatic amines is 1. The van der Waals surface area contributed by atoms with E-state index >= 15 is 0 Å². The molecule has 4 nitrogen and oxygen atoms in total. The molecule has 1 amide bonds. The summed E-state index contributed by atoms with van der Waals surface area (Å²) in [6.45, 7) is 8.14. The highest BCUT2D eigenvalue weighted by atomic mass is 16.2. The van der Waals surface area contributed by atoms with Gasteiger partial charge in [0, 0.05) is 24.0 Å². The van der Waals surface area contributed by atoms with Gasteiger partial charge in [0.05, 0.1) is 0 Å². The molecule has 0 aliphatic heterocycles. The fourth-order valence-corrected chi connectivity index (χ4v) is 1.96. The summed E-state index contributed by atoms with van der Waals surface area (Å²) in [6.07, 6.45) is 4.66. The molecule has 1 rings (SSSR count). The van der Waals surface area contributed by atoms with E-state index in [1.54, 1.807) is 6.92 Å². The van der Waals surface area contributed by atoms with Crippen LogP contribution in [0.1, 0.15) is 56.1 Å². The lowest BCUT2D eigenvalue weighted by molar-refractivity contribution is 0.0936. The molecule has 1 aromatic rings. The molecule has 4 heteroatoms. The number of nitrogens with one attached hydrogen (secondary N) is 2. The minimum absolute atomic E-state index is 0.0898. The first-order chi connectivity index (χ1) is 8.90. The fraction of sp³-hybridized carbons (Fsp3) is 0.600. The number of hydrogen-bond acceptors (Lipinski definition) is 2. The Bertz CT molecular complexity index is 477. The Balaban J connectivity index is 2.52. The molecule has 1 aromatic heterocycles. The minimum atomic E-state index is -0.293. The zero-order valence-corrected chi connectivity index (χ0v) is 12.2. The lowest BCUT2D eigenvalue weighted by Crippen LogP contribution is -2.35. The van der Waals surface area contributed by atoms with Crippen molar-refractivity contribution in [3.05, 3.63) is 33.7 Å². The van der Waals surface area contributed by atoms with Crippen LogP contribution in [-0.2, 0) is 0 Å². The molecular formula is C15H24N2O2. The predicted octanol–water partition coefficient (Wildman–Crippen LogP) is 2.63. The number of carbonyl (C=O) groups is 1. The Morgan fingerprint density at radius 1 is 1.32 bits per heavy atom. The standard InChI is InChI=1S/C15H24N2O2/c1-10(2)6-5-7-11(3)17-15(19)13-9-16-12(4)8-14(13)18/h8-11H,5-7H2,1-4H3,(H,16,18)(H,17,19). The highest BCUT2D eigenvalue weighted by Gasteiger charge is 2.13. The molecule has 0 saturated heterocycles. The molecule has 19 heavy (non-hydrogen) atoms. The van der Waals surface area contributed by atoms with Crippen molar-refractivity contribution in [3.63, 3.8) is 0 Å². The van der Waals surface area contributed by atoms with Crippen molar-refractivity contribution < 1.29 is 4.79 Å². The van der Waals surface area contributed by atoms with Crippen molar-refractivity contribution in [3.8, 4) is 0 Å². The molecule has 0 aromatic carbocycles. The molecule has 0 bridgehead atoms. The van der Waals surface area contributed by atoms with Crippen LogP contribution in [0.4, 0.5) is 0 Å². The van der Waals surface area contributed by atoms with Gasteiger partial charge in [-0.2, -0.15) is 0 Å². The van der Waals surface area contributed by atoms with E-state index in [1.165, 1.54) is 12.3 Å². The molecule has 0 radical (unpaired) electrons. The maximum atomic E-state index is 12.0. The van der Waals surface area contributed by atoms with Gasteiger partial charge >= 0.3 is 0 Å². The highest BCUT2D eigenvalue weighted by molar-refractivity contribution is 5.93. The summed E-state index contributed by atoms with van der Waals surface area (Å²) in [5.74, 6) is 0.390. The molecule has 0 aliphatic carbocycles. The average Bonchev–Trinajstić information content (AvgIpc) is 2.27. The van der Waals surface area contributed by atoms with Gasteiger partial charge in [-0.25, -0.2) is 0 Å². The predicted molar refractivity (Wildman–Crippen MR) is 77.4 cm³/mol. The van der Waals surface area contributed by atoms with Crippen molar-refractivity contribution in [2.75, 3.05) is 0 Å². The van der Waals surface area contributed by atoms with Gasteiger partial charge in [0.15, 0.2) is 5.43 Å². The summed E-state index contributed by atoms with van der Waals surface area (Å²) in [5, 5.41) is 2.87. The van der Waals surface area contributed by atoms with E-state index in [-0.39, 0.29) is 22.9 Å².